The van der Waals surface area contributed by atoms with E-state index in [0.717, 1.165) is 16.3 Å². The maximum Gasteiger partial charge on any atom is 0.230 e. The predicted octanol–water partition coefficient (Wildman–Crippen LogP) is 1.79. The highest BCUT2D eigenvalue weighted by atomic mass is 32.1. The highest BCUT2D eigenvalue weighted by Crippen LogP contribution is 2.52. The van der Waals surface area contributed by atoms with Crippen LogP contribution in [0.2, 0.25) is 0 Å². The molecule has 29 heavy (non-hydrogen) atoms. The first-order valence-corrected chi connectivity index (χ1v) is 10.6. The molecule has 5 heterocycles. The van der Waals surface area contributed by atoms with Gasteiger partial charge in [0.2, 0.25) is 11.8 Å². The summed E-state index contributed by atoms with van der Waals surface area (Å²) in [6, 6.07) is 3.81. The number of hydrogen-bond donors (Lipinski definition) is 0. The second kappa shape index (κ2) is 6.74. The summed E-state index contributed by atoms with van der Waals surface area (Å²) in [6.45, 7) is 3.32. The number of carbonyl (C=O) groups is 2. The molecule has 2 saturated heterocycles. The first-order chi connectivity index (χ1) is 14.0. The van der Waals surface area contributed by atoms with Gasteiger partial charge in [0.1, 0.15) is 5.60 Å². The van der Waals surface area contributed by atoms with E-state index in [1.807, 2.05) is 36.6 Å². The van der Waals surface area contributed by atoms with Crippen molar-refractivity contribution in [3.05, 3.63) is 58.3 Å². The Kier molecular flexibility index (Phi) is 4.29. The molecule has 2 aromatic heterocycles. The number of aryl methyl sites for hydroxylation is 1. The normalized spacial score (nSPS) is 29.5. The second-order valence-electron chi connectivity index (χ2n) is 8.01. The minimum Gasteiger partial charge on any atom is -0.360 e. The Labute approximate surface area is 173 Å². The molecule has 2 aromatic rings. The Balaban J connectivity index is 1.36. The van der Waals surface area contributed by atoms with Crippen LogP contribution in [0.4, 0.5) is 0 Å². The van der Waals surface area contributed by atoms with Crippen molar-refractivity contribution < 1.29 is 14.3 Å². The van der Waals surface area contributed by atoms with Crippen molar-refractivity contribution >= 4 is 23.2 Å². The topological polar surface area (TPSA) is 75.6 Å². The van der Waals surface area contributed by atoms with Crippen LogP contribution in [-0.2, 0) is 27.4 Å². The van der Waals surface area contributed by atoms with Crippen molar-refractivity contribution in [2.75, 3.05) is 13.6 Å². The van der Waals surface area contributed by atoms with Gasteiger partial charge in [-0.25, -0.2) is 4.98 Å². The number of thiazole rings is 1. The lowest BCUT2D eigenvalue weighted by molar-refractivity contribution is -0.142. The van der Waals surface area contributed by atoms with Gasteiger partial charge in [0.15, 0.2) is 0 Å². The van der Waals surface area contributed by atoms with Crippen LogP contribution in [0.25, 0.3) is 0 Å². The molecule has 2 amide bonds. The van der Waals surface area contributed by atoms with Gasteiger partial charge in [-0.2, -0.15) is 0 Å². The van der Waals surface area contributed by atoms with Crippen LogP contribution in [0.15, 0.2) is 42.1 Å². The van der Waals surface area contributed by atoms with E-state index in [2.05, 4.69) is 9.97 Å². The van der Waals surface area contributed by atoms with Gasteiger partial charge in [-0.05, 0) is 18.6 Å². The average molecular weight is 410 g/mol. The predicted molar refractivity (Wildman–Crippen MR) is 107 cm³/mol. The third kappa shape index (κ3) is 2.98. The molecule has 1 spiro atoms. The molecule has 0 aromatic carbocycles. The summed E-state index contributed by atoms with van der Waals surface area (Å²) in [4.78, 5) is 38.6. The maximum absolute atomic E-state index is 13.3. The number of likely N-dealkylation sites (tertiary alicyclic amines) is 1. The molecular weight excluding hydrogens is 388 g/mol. The molecule has 0 unspecified atom stereocenters. The summed E-state index contributed by atoms with van der Waals surface area (Å²) in [5, 5.41) is 2.94. The molecule has 8 heteroatoms. The van der Waals surface area contributed by atoms with Gasteiger partial charge >= 0.3 is 0 Å². The van der Waals surface area contributed by atoms with Crippen molar-refractivity contribution in [1.82, 2.24) is 19.8 Å². The Morgan fingerprint density at radius 3 is 3.07 bits per heavy atom. The third-order valence-corrected chi connectivity index (χ3v) is 6.82. The summed E-state index contributed by atoms with van der Waals surface area (Å²) in [5.74, 6) is -1.04. The first-order valence-electron chi connectivity index (χ1n) is 9.68. The minimum absolute atomic E-state index is 0.0167. The van der Waals surface area contributed by atoms with E-state index in [9.17, 15) is 9.59 Å². The Hall–Kier alpha value is -2.58. The number of fused-ring (bicyclic) bond motifs is 1. The highest BCUT2D eigenvalue weighted by molar-refractivity contribution is 7.09. The van der Waals surface area contributed by atoms with Gasteiger partial charge in [-0.1, -0.05) is 18.2 Å². The van der Waals surface area contributed by atoms with Crippen molar-refractivity contribution in [3.63, 3.8) is 0 Å². The van der Waals surface area contributed by atoms with Gasteiger partial charge in [0.25, 0.3) is 0 Å². The molecule has 0 saturated carbocycles. The first kappa shape index (κ1) is 18.4. The number of carbonyl (C=O) groups excluding carboxylic acids is 2. The largest absolute Gasteiger partial charge is 0.360 e. The smallest absolute Gasteiger partial charge is 0.230 e. The maximum atomic E-state index is 13.3. The zero-order chi connectivity index (χ0) is 20.2. The molecule has 7 nitrogen and oxygen atoms in total. The summed E-state index contributed by atoms with van der Waals surface area (Å²) < 4.78 is 6.21. The summed E-state index contributed by atoms with van der Waals surface area (Å²) >= 11 is 1.57. The summed E-state index contributed by atoms with van der Waals surface area (Å²) in [6.07, 6.45) is 7.07. The summed E-state index contributed by atoms with van der Waals surface area (Å²) in [7, 11) is 1.77. The van der Waals surface area contributed by atoms with Crippen LogP contribution in [0, 0.1) is 18.8 Å². The van der Waals surface area contributed by atoms with E-state index in [-0.39, 0.29) is 17.9 Å². The van der Waals surface area contributed by atoms with Crippen LogP contribution in [0.5, 0.6) is 0 Å². The van der Waals surface area contributed by atoms with Gasteiger partial charge in [0, 0.05) is 31.4 Å². The Morgan fingerprint density at radius 2 is 2.34 bits per heavy atom. The quantitative estimate of drug-likeness (QED) is 0.703. The van der Waals surface area contributed by atoms with E-state index in [1.165, 1.54) is 0 Å². The monoisotopic (exact) mass is 410 g/mol. The number of nitrogens with zero attached hydrogens (tertiary/aromatic N) is 4. The fraction of sp³-hybridized carbons (Fsp3) is 0.429. The van der Waals surface area contributed by atoms with Crippen molar-refractivity contribution in [1.29, 1.82) is 0 Å². The third-order valence-electron chi connectivity index (χ3n) is 6.00. The Bertz CT molecular complexity index is 991. The molecular formula is C21H22N4O3S. The minimum atomic E-state index is -0.692. The van der Waals surface area contributed by atoms with Crippen LogP contribution in [-0.4, -0.2) is 56.9 Å². The van der Waals surface area contributed by atoms with Crippen LogP contribution >= 0.6 is 11.3 Å². The van der Waals surface area contributed by atoms with E-state index >= 15 is 0 Å². The lowest BCUT2D eigenvalue weighted by atomic mass is 9.76. The number of amides is 2. The highest BCUT2D eigenvalue weighted by Gasteiger charge is 2.67. The van der Waals surface area contributed by atoms with Crippen molar-refractivity contribution in [3.8, 4) is 0 Å². The molecule has 0 radical (unpaired) electrons. The molecule has 150 valence electrons. The van der Waals surface area contributed by atoms with E-state index in [1.54, 1.807) is 40.6 Å². The van der Waals surface area contributed by atoms with Crippen LogP contribution in [0.1, 0.15) is 16.3 Å². The number of rotatable bonds is 5. The van der Waals surface area contributed by atoms with E-state index in [0.29, 0.717) is 19.6 Å². The summed E-state index contributed by atoms with van der Waals surface area (Å²) in [5.41, 5.74) is 1.14. The van der Waals surface area contributed by atoms with E-state index < -0.39 is 17.4 Å². The van der Waals surface area contributed by atoms with Gasteiger partial charge in [-0.15, -0.1) is 11.3 Å². The van der Waals surface area contributed by atoms with Crippen LogP contribution < -0.4 is 0 Å². The molecule has 5 rings (SSSR count). The van der Waals surface area contributed by atoms with Crippen molar-refractivity contribution in [2.24, 2.45) is 11.8 Å². The molecule has 3 aliphatic rings. The fourth-order valence-electron chi connectivity index (χ4n) is 4.76. The fourth-order valence-corrected chi connectivity index (χ4v) is 5.37. The number of aromatic nitrogens is 2. The van der Waals surface area contributed by atoms with Gasteiger partial charge in [0.05, 0.1) is 41.7 Å². The molecule has 2 bridgehead atoms. The van der Waals surface area contributed by atoms with E-state index in [4.69, 9.17) is 4.74 Å². The number of ether oxygens (including phenoxy) is 1. The van der Waals surface area contributed by atoms with Gasteiger partial charge in [-0.3, -0.25) is 14.6 Å². The molecule has 4 atom stereocenters. The standard InChI is InChI=1S/C21H22N4O3S/c1-13-23-15(11-29-13)10-24(2)19(26)17-16-5-6-21(28-16)12-25(20(27)18(17)21)9-14-4-3-7-22-8-14/h3-8,11,16-18H,9-10,12H2,1-2H3/t16-,17-,18+,21-/m0/s1. The van der Waals surface area contributed by atoms with Crippen LogP contribution in [0.3, 0.4) is 0 Å². The zero-order valence-electron chi connectivity index (χ0n) is 16.3. The SMILES string of the molecule is Cc1nc(CN(C)C(=O)[C@H]2[C@@H]3C=C[C@@]4(CN(Cc5cccnc5)C(=O)[C@@H]24)O3)cs1. The van der Waals surface area contributed by atoms with Gasteiger partial charge < -0.3 is 14.5 Å². The molecule has 3 aliphatic heterocycles. The lowest BCUT2D eigenvalue weighted by Gasteiger charge is -2.27. The molecule has 0 N–H and O–H groups in total. The average Bonchev–Trinajstić information content (AvgIpc) is 3.44. The molecule has 0 aliphatic carbocycles. The molecule has 2 fully saturated rings. The lowest BCUT2D eigenvalue weighted by Crippen LogP contribution is -2.44. The number of hydrogen-bond acceptors (Lipinski definition) is 6. The zero-order valence-corrected chi connectivity index (χ0v) is 17.1. The second-order valence-corrected chi connectivity index (χ2v) is 9.07. The Morgan fingerprint density at radius 1 is 1.48 bits per heavy atom. The number of pyridine rings is 1. The van der Waals surface area contributed by atoms with Crippen molar-refractivity contribution in [2.45, 2.75) is 31.7 Å².